The van der Waals surface area contributed by atoms with Gasteiger partial charge in [-0.05, 0) is 17.5 Å². The number of carbonyl (C=O) groups is 1. The lowest BCUT2D eigenvalue weighted by atomic mass is 10.1. The predicted octanol–water partition coefficient (Wildman–Crippen LogP) is 2.21. The number of carbonyl (C=O) groups excluding carboxylic acids is 1. The molecule has 0 aliphatic heterocycles. The SMILES string of the molecule is CCc1nc(CCNC(=O)N[C@@H]2c3ccccc3C[C@@H]2O)cs1. The number of aromatic nitrogens is 1. The van der Waals surface area contributed by atoms with E-state index in [1.807, 2.05) is 29.6 Å². The predicted molar refractivity (Wildman–Crippen MR) is 90.6 cm³/mol. The normalized spacial score (nSPS) is 19.4. The first-order valence-corrected chi connectivity index (χ1v) is 8.79. The van der Waals surface area contributed by atoms with E-state index in [1.54, 1.807) is 11.3 Å². The summed E-state index contributed by atoms with van der Waals surface area (Å²) in [6.45, 7) is 2.61. The quantitative estimate of drug-likeness (QED) is 0.786. The molecular formula is C17H21N3O2S. The number of urea groups is 1. The van der Waals surface area contributed by atoms with Gasteiger partial charge in [0.05, 0.1) is 22.8 Å². The molecule has 1 aliphatic carbocycles. The van der Waals surface area contributed by atoms with Gasteiger partial charge in [0.2, 0.25) is 0 Å². The van der Waals surface area contributed by atoms with Crippen LogP contribution in [0.25, 0.3) is 0 Å². The molecule has 0 saturated carbocycles. The van der Waals surface area contributed by atoms with Crippen LogP contribution < -0.4 is 10.6 Å². The lowest BCUT2D eigenvalue weighted by Gasteiger charge is -2.18. The fraction of sp³-hybridized carbons (Fsp3) is 0.412. The van der Waals surface area contributed by atoms with Gasteiger partial charge in [-0.25, -0.2) is 9.78 Å². The van der Waals surface area contributed by atoms with Crippen LogP contribution in [0.5, 0.6) is 0 Å². The fourth-order valence-electron chi connectivity index (χ4n) is 2.87. The molecule has 1 heterocycles. The van der Waals surface area contributed by atoms with Gasteiger partial charge in [0.1, 0.15) is 0 Å². The summed E-state index contributed by atoms with van der Waals surface area (Å²) in [6.07, 6.45) is 1.68. The molecule has 0 bridgehead atoms. The summed E-state index contributed by atoms with van der Waals surface area (Å²) in [5.74, 6) is 0. The third-order valence-electron chi connectivity index (χ3n) is 4.06. The lowest BCUT2D eigenvalue weighted by molar-refractivity contribution is 0.142. The van der Waals surface area contributed by atoms with Gasteiger partial charge in [-0.1, -0.05) is 31.2 Å². The Kier molecular flexibility index (Phi) is 4.93. The van der Waals surface area contributed by atoms with Crippen LogP contribution in [-0.2, 0) is 19.3 Å². The number of thiazole rings is 1. The van der Waals surface area contributed by atoms with Gasteiger partial charge in [0, 0.05) is 24.8 Å². The first-order valence-electron chi connectivity index (χ1n) is 7.91. The monoisotopic (exact) mass is 331 g/mol. The van der Waals surface area contributed by atoms with E-state index >= 15 is 0 Å². The number of benzene rings is 1. The molecule has 2 aromatic rings. The third kappa shape index (κ3) is 3.71. The van der Waals surface area contributed by atoms with Crippen LogP contribution in [0, 0.1) is 0 Å². The van der Waals surface area contributed by atoms with Crippen LogP contribution in [0.15, 0.2) is 29.6 Å². The van der Waals surface area contributed by atoms with Crippen molar-refractivity contribution in [3.63, 3.8) is 0 Å². The summed E-state index contributed by atoms with van der Waals surface area (Å²) < 4.78 is 0. The Morgan fingerprint density at radius 1 is 1.43 bits per heavy atom. The van der Waals surface area contributed by atoms with Crippen molar-refractivity contribution < 1.29 is 9.90 Å². The summed E-state index contributed by atoms with van der Waals surface area (Å²) in [6, 6.07) is 7.24. The first-order chi connectivity index (χ1) is 11.2. The second kappa shape index (κ2) is 7.10. The fourth-order valence-corrected chi connectivity index (χ4v) is 3.65. The van der Waals surface area contributed by atoms with E-state index in [0.717, 1.165) is 28.2 Å². The van der Waals surface area contributed by atoms with Gasteiger partial charge in [0.25, 0.3) is 0 Å². The number of hydrogen-bond donors (Lipinski definition) is 3. The van der Waals surface area contributed by atoms with Crippen molar-refractivity contribution >= 4 is 17.4 Å². The van der Waals surface area contributed by atoms with Crippen molar-refractivity contribution in [1.82, 2.24) is 15.6 Å². The standard InChI is InChI=1S/C17H21N3O2S/c1-2-15-19-12(10-23-15)7-8-18-17(22)20-16-13-6-4-3-5-11(13)9-14(16)21/h3-6,10,14,16,21H,2,7-9H2,1H3,(H2,18,20,22)/t14-,16+/m0/s1. The zero-order valence-electron chi connectivity index (χ0n) is 13.1. The Bertz CT molecular complexity index is 686. The van der Waals surface area contributed by atoms with E-state index in [2.05, 4.69) is 22.5 Å². The van der Waals surface area contributed by atoms with E-state index < -0.39 is 6.10 Å². The Hall–Kier alpha value is -1.92. The van der Waals surface area contributed by atoms with E-state index in [0.29, 0.717) is 19.4 Å². The minimum Gasteiger partial charge on any atom is -0.390 e. The Morgan fingerprint density at radius 2 is 2.26 bits per heavy atom. The van der Waals surface area contributed by atoms with Crippen molar-refractivity contribution in [2.24, 2.45) is 0 Å². The van der Waals surface area contributed by atoms with Gasteiger partial charge < -0.3 is 15.7 Å². The second-order valence-corrected chi connectivity index (χ2v) is 6.63. The van der Waals surface area contributed by atoms with Crippen LogP contribution in [-0.4, -0.2) is 28.8 Å². The van der Waals surface area contributed by atoms with Crippen molar-refractivity contribution in [3.05, 3.63) is 51.5 Å². The molecule has 0 fully saturated rings. The van der Waals surface area contributed by atoms with E-state index in [1.165, 1.54) is 0 Å². The maximum absolute atomic E-state index is 12.1. The van der Waals surface area contributed by atoms with Crippen LogP contribution >= 0.6 is 11.3 Å². The van der Waals surface area contributed by atoms with Crippen molar-refractivity contribution in [2.45, 2.75) is 38.3 Å². The number of amides is 2. The molecule has 122 valence electrons. The highest BCUT2D eigenvalue weighted by molar-refractivity contribution is 7.09. The minimum atomic E-state index is -0.566. The number of hydrogen-bond acceptors (Lipinski definition) is 4. The highest BCUT2D eigenvalue weighted by Gasteiger charge is 2.31. The van der Waals surface area contributed by atoms with E-state index in [4.69, 9.17) is 0 Å². The molecular weight excluding hydrogens is 310 g/mol. The summed E-state index contributed by atoms with van der Waals surface area (Å²) in [5, 5.41) is 19.0. The molecule has 6 heteroatoms. The molecule has 2 atom stereocenters. The number of rotatable bonds is 5. The highest BCUT2D eigenvalue weighted by atomic mass is 32.1. The number of aliphatic hydroxyl groups is 1. The Morgan fingerprint density at radius 3 is 3.04 bits per heavy atom. The van der Waals surface area contributed by atoms with Crippen LogP contribution in [0.1, 0.15) is 34.8 Å². The van der Waals surface area contributed by atoms with Gasteiger partial charge >= 0.3 is 6.03 Å². The number of fused-ring (bicyclic) bond motifs is 1. The lowest BCUT2D eigenvalue weighted by Crippen LogP contribution is -2.41. The zero-order chi connectivity index (χ0) is 16.2. The topological polar surface area (TPSA) is 74.2 Å². The number of aliphatic hydroxyl groups excluding tert-OH is 1. The van der Waals surface area contributed by atoms with Crippen LogP contribution in [0.3, 0.4) is 0 Å². The van der Waals surface area contributed by atoms with Crippen molar-refractivity contribution in [2.75, 3.05) is 6.54 Å². The number of aryl methyl sites for hydroxylation is 1. The largest absolute Gasteiger partial charge is 0.390 e. The van der Waals surface area contributed by atoms with Crippen LogP contribution in [0.2, 0.25) is 0 Å². The first kappa shape index (κ1) is 16.0. The summed E-state index contributed by atoms with van der Waals surface area (Å²) in [4.78, 5) is 16.5. The molecule has 3 N–H and O–H groups in total. The molecule has 0 unspecified atom stereocenters. The molecule has 0 saturated heterocycles. The van der Waals surface area contributed by atoms with Gasteiger partial charge in [-0.2, -0.15) is 0 Å². The maximum atomic E-state index is 12.1. The summed E-state index contributed by atoms with van der Waals surface area (Å²) in [5.41, 5.74) is 3.11. The number of nitrogens with zero attached hydrogens (tertiary/aromatic N) is 1. The average molecular weight is 331 g/mol. The molecule has 3 rings (SSSR count). The van der Waals surface area contributed by atoms with Gasteiger partial charge in [-0.3, -0.25) is 0 Å². The molecule has 1 aliphatic rings. The van der Waals surface area contributed by atoms with Gasteiger partial charge in [0.15, 0.2) is 0 Å². The van der Waals surface area contributed by atoms with Gasteiger partial charge in [-0.15, -0.1) is 11.3 Å². The smallest absolute Gasteiger partial charge is 0.315 e. The Balaban J connectivity index is 1.50. The van der Waals surface area contributed by atoms with Crippen molar-refractivity contribution in [3.8, 4) is 0 Å². The molecule has 5 nitrogen and oxygen atoms in total. The summed E-state index contributed by atoms with van der Waals surface area (Å²) in [7, 11) is 0. The highest BCUT2D eigenvalue weighted by Crippen LogP contribution is 2.30. The van der Waals surface area contributed by atoms with Crippen molar-refractivity contribution in [1.29, 1.82) is 0 Å². The van der Waals surface area contributed by atoms with Crippen LogP contribution in [0.4, 0.5) is 4.79 Å². The van der Waals surface area contributed by atoms with E-state index in [9.17, 15) is 9.90 Å². The molecule has 1 aromatic heterocycles. The van der Waals surface area contributed by atoms with E-state index in [-0.39, 0.29) is 12.1 Å². The molecule has 2 amide bonds. The molecule has 0 radical (unpaired) electrons. The minimum absolute atomic E-state index is 0.253. The number of nitrogens with one attached hydrogen (secondary N) is 2. The Labute approximate surface area is 139 Å². The second-order valence-electron chi connectivity index (χ2n) is 5.68. The maximum Gasteiger partial charge on any atom is 0.315 e. The molecule has 0 spiro atoms. The molecule has 1 aromatic carbocycles. The zero-order valence-corrected chi connectivity index (χ0v) is 13.9. The molecule has 23 heavy (non-hydrogen) atoms. The third-order valence-corrected chi connectivity index (χ3v) is 5.10. The average Bonchev–Trinajstić information content (AvgIpc) is 3.12. The summed E-state index contributed by atoms with van der Waals surface area (Å²) >= 11 is 1.65.